The largest absolute Gasteiger partial charge is 0.496 e. The van der Waals surface area contributed by atoms with E-state index >= 15 is 0 Å². The predicted molar refractivity (Wildman–Crippen MR) is 91.3 cm³/mol. The zero-order valence-electron chi connectivity index (χ0n) is 14.6. The summed E-state index contributed by atoms with van der Waals surface area (Å²) in [4.78, 5) is 15.0. The molecule has 1 fully saturated rings. The molecule has 2 rings (SSSR count). The standard InChI is InChI=1S/C18H28N2O3/c1-13-8-10-20(11-9-13)14(2)12-19-18(21)17-15(22-3)6-5-7-16(17)23-4/h5-7,13-14H,8-12H2,1-4H3,(H,19,21). The Kier molecular flexibility index (Phi) is 6.28. The molecule has 5 heteroatoms. The molecule has 0 bridgehead atoms. The summed E-state index contributed by atoms with van der Waals surface area (Å²) in [5.41, 5.74) is 0.456. The van der Waals surface area contributed by atoms with Crippen LogP contribution >= 0.6 is 0 Å². The molecule has 128 valence electrons. The van der Waals surface area contributed by atoms with Crippen molar-refractivity contribution in [1.82, 2.24) is 10.2 Å². The van der Waals surface area contributed by atoms with Gasteiger partial charge in [0.15, 0.2) is 0 Å². The summed E-state index contributed by atoms with van der Waals surface area (Å²) in [6.45, 7) is 7.30. The third-order valence-electron chi connectivity index (χ3n) is 4.65. The van der Waals surface area contributed by atoms with Gasteiger partial charge in [0.25, 0.3) is 5.91 Å². The van der Waals surface area contributed by atoms with Gasteiger partial charge in [-0.05, 0) is 50.9 Å². The van der Waals surface area contributed by atoms with E-state index in [1.165, 1.54) is 12.8 Å². The van der Waals surface area contributed by atoms with E-state index in [9.17, 15) is 4.79 Å². The fourth-order valence-electron chi connectivity index (χ4n) is 3.00. The van der Waals surface area contributed by atoms with Crippen molar-refractivity contribution >= 4 is 5.91 Å². The van der Waals surface area contributed by atoms with Gasteiger partial charge in [-0.1, -0.05) is 13.0 Å². The number of amides is 1. The van der Waals surface area contributed by atoms with Crippen LogP contribution < -0.4 is 14.8 Å². The summed E-state index contributed by atoms with van der Waals surface area (Å²) in [6, 6.07) is 5.68. The second kappa shape index (κ2) is 8.20. The number of nitrogens with zero attached hydrogens (tertiary/aromatic N) is 1. The van der Waals surface area contributed by atoms with Crippen LogP contribution in [0.25, 0.3) is 0 Å². The van der Waals surface area contributed by atoms with Crippen LogP contribution in [0.1, 0.15) is 37.0 Å². The highest BCUT2D eigenvalue weighted by molar-refractivity contribution is 5.99. The number of ether oxygens (including phenoxy) is 2. The van der Waals surface area contributed by atoms with E-state index in [-0.39, 0.29) is 5.91 Å². The summed E-state index contributed by atoms with van der Waals surface area (Å²) in [5, 5.41) is 3.02. The monoisotopic (exact) mass is 320 g/mol. The van der Waals surface area contributed by atoms with Crippen molar-refractivity contribution in [2.45, 2.75) is 32.7 Å². The average molecular weight is 320 g/mol. The van der Waals surface area contributed by atoms with E-state index in [0.717, 1.165) is 19.0 Å². The molecule has 1 aliphatic rings. The van der Waals surface area contributed by atoms with Crippen molar-refractivity contribution in [2.75, 3.05) is 33.9 Å². The Labute approximate surface area is 139 Å². The van der Waals surface area contributed by atoms with Gasteiger partial charge < -0.3 is 14.8 Å². The molecule has 0 saturated carbocycles. The fraction of sp³-hybridized carbons (Fsp3) is 0.611. The summed E-state index contributed by atoms with van der Waals surface area (Å²) < 4.78 is 10.6. The van der Waals surface area contributed by atoms with Crippen LogP contribution in [0, 0.1) is 5.92 Å². The normalized spacial score (nSPS) is 17.6. The van der Waals surface area contributed by atoms with Gasteiger partial charge in [-0.15, -0.1) is 0 Å². The Hall–Kier alpha value is -1.75. The van der Waals surface area contributed by atoms with E-state index in [4.69, 9.17) is 9.47 Å². The molecule has 1 aromatic rings. The molecule has 1 unspecified atom stereocenters. The molecule has 0 aromatic heterocycles. The van der Waals surface area contributed by atoms with Crippen LogP contribution in [-0.2, 0) is 0 Å². The minimum Gasteiger partial charge on any atom is -0.496 e. The first kappa shape index (κ1) is 17.6. The van der Waals surface area contributed by atoms with Gasteiger partial charge in [-0.3, -0.25) is 9.69 Å². The number of methoxy groups -OCH3 is 2. The maximum atomic E-state index is 12.6. The van der Waals surface area contributed by atoms with Crippen LogP contribution in [0.3, 0.4) is 0 Å². The van der Waals surface area contributed by atoms with E-state index < -0.39 is 0 Å². The molecule has 1 aliphatic heterocycles. The lowest BCUT2D eigenvalue weighted by Gasteiger charge is -2.35. The molecule has 1 N–H and O–H groups in total. The summed E-state index contributed by atoms with van der Waals surface area (Å²) in [6.07, 6.45) is 2.47. The number of benzene rings is 1. The number of piperidine rings is 1. The number of nitrogens with one attached hydrogen (secondary N) is 1. The Morgan fingerprint density at radius 2 is 1.83 bits per heavy atom. The number of hydrogen-bond acceptors (Lipinski definition) is 4. The first-order chi connectivity index (χ1) is 11.1. The SMILES string of the molecule is COc1cccc(OC)c1C(=O)NCC(C)N1CCC(C)CC1. The average Bonchev–Trinajstić information content (AvgIpc) is 2.59. The third kappa shape index (κ3) is 4.38. The molecule has 1 heterocycles. The zero-order chi connectivity index (χ0) is 16.8. The van der Waals surface area contributed by atoms with Gasteiger partial charge in [0, 0.05) is 12.6 Å². The highest BCUT2D eigenvalue weighted by Gasteiger charge is 2.22. The second-order valence-corrected chi connectivity index (χ2v) is 6.32. The highest BCUT2D eigenvalue weighted by Crippen LogP contribution is 2.28. The molecule has 0 spiro atoms. The maximum Gasteiger partial charge on any atom is 0.258 e. The Bertz CT molecular complexity index is 503. The summed E-state index contributed by atoms with van der Waals surface area (Å²) in [7, 11) is 3.12. The zero-order valence-corrected chi connectivity index (χ0v) is 14.6. The molecule has 1 amide bonds. The number of carbonyl (C=O) groups is 1. The van der Waals surface area contributed by atoms with Crippen molar-refractivity contribution < 1.29 is 14.3 Å². The predicted octanol–water partition coefficient (Wildman–Crippen LogP) is 2.55. The fourth-order valence-corrected chi connectivity index (χ4v) is 3.00. The molecule has 23 heavy (non-hydrogen) atoms. The number of likely N-dealkylation sites (tertiary alicyclic amines) is 1. The van der Waals surface area contributed by atoms with Gasteiger partial charge in [-0.2, -0.15) is 0 Å². The van der Waals surface area contributed by atoms with Crippen LogP contribution in [0.5, 0.6) is 11.5 Å². The molecule has 1 atom stereocenters. The van der Waals surface area contributed by atoms with Gasteiger partial charge in [0.1, 0.15) is 17.1 Å². The van der Waals surface area contributed by atoms with Crippen LogP contribution in [0.15, 0.2) is 18.2 Å². The molecule has 0 radical (unpaired) electrons. The first-order valence-corrected chi connectivity index (χ1v) is 8.30. The number of rotatable bonds is 6. The molecule has 1 aromatic carbocycles. The van der Waals surface area contributed by atoms with E-state index in [1.807, 2.05) is 6.07 Å². The summed E-state index contributed by atoms with van der Waals surface area (Å²) >= 11 is 0. The minimum atomic E-state index is -0.156. The minimum absolute atomic E-state index is 0.156. The lowest BCUT2D eigenvalue weighted by atomic mass is 9.98. The number of carbonyl (C=O) groups excluding carboxylic acids is 1. The van der Waals surface area contributed by atoms with E-state index in [0.29, 0.717) is 29.6 Å². The van der Waals surface area contributed by atoms with Crippen molar-refractivity contribution in [3.05, 3.63) is 23.8 Å². The van der Waals surface area contributed by atoms with Crippen molar-refractivity contribution in [2.24, 2.45) is 5.92 Å². The molecular weight excluding hydrogens is 292 g/mol. The lowest BCUT2D eigenvalue weighted by molar-refractivity contribution is 0.0915. The van der Waals surface area contributed by atoms with E-state index in [1.54, 1.807) is 26.4 Å². The van der Waals surface area contributed by atoms with Crippen LogP contribution in [-0.4, -0.2) is 50.7 Å². The Balaban J connectivity index is 1.97. The molecule has 0 aliphatic carbocycles. The molecule has 1 saturated heterocycles. The molecule has 5 nitrogen and oxygen atoms in total. The van der Waals surface area contributed by atoms with Gasteiger partial charge in [0.2, 0.25) is 0 Å². The smallest absolute Gasteiger partial charge is 0.258 e. The lowest BCUT2D eigenvalue weighted by Crippen LogP contribution is -2.45. The molecular formula is C18H28N2O3. The summed E-state index contributed by atoms with van der Waals surface area (Å²) in [5.74, 6) is 1.71. The van der Waals surface area contributed by atoms with Crippen molar-refractivity contribution in [1.29, 1.82) is 0 Å². The quantitative estimate of drug-likeness (QED) is 0.875. The first-order valence-electron chi connectivity index (χ1n) is 8.30. The van der Waals surface area contributed by atoms with Gasteiger partial charge in [0.05, 0.1) is 14.2 Å². The van der Waals surface area contributed by atoms with Gasteiger partial charge in [-0.25, -0.2) is 0 Å². The Morgan fingerprint density at radius 1 is 1.26 bits per heavy atom. The topological polar surface area (TPSA) is 50.8 Å². The highest BCUT2D eigenvalue weighted by atomic mass is 16.5. The van der Waals surface area contributed by atoms with E-state index in [2.05, 4.69) is 24.1 Å². The maximum absolute atomic E-state index is 12.6. The van der Waals surface area contributed by atoms with Gasteiger partial charge >= 0.3 is 0 Å². The third-order valence-corrected chi connectivity index (χ3v) is 4.65. The van der Waals surface area contributed by atoms with Crippen molar-refractivity contribution in [3.8, 4) is 11.5 Å². The Morgan fingerprint density at radius 3 is 2.35 bits per heavy atom. The number of hydrogen-bond donors (Lipinski definition) is 1. The van der Waals surface area contributed by atoms with Crippen LogP contribution in [0.4, 0.5) is 0 Å². The second-order valence-electron chi connectivity index (χ2n) is 6.32. The van der Waals surface area contributed by atoms with Crippen molar-refractivity contribution in [3.63, 3.8) is 0 Å². The van der Waals surface area contributed by atoms with Crippen LogP contribution in [0.2, 0.25) is 0 Å².